The highest BCUT2D eigenvalue weighted by Crippen LogP contribution is 2.22. The van der Waals surface area contributed by atoms with Gasteiger partial charge >= 0.3 is 5.69 Å². The standard InChI is InChI=1S/C13H14FN3O2S/c1-2-10(13-15-6-7-20-13)16-8-9-4-3-5-11(12(9)14)17(18)19/h3-7,10,16H,2,8H2,1H3. The van der Waals surface area contributed by atoms with Crippen molar-refractivity contribution in [1.29, 1.82) is 0 Å². The zero-order valence-electron chi connectivity index (χ0n) is 10.9. The third-order valence-corrected chi connectivity index (χ3v) is 3.84. The number of nitro groups is 1. The molecule has 0 fully saturated rings. The quantitative estimate of drug-likeness (QED) is 0.655. The van der Waals surface area contributed by atoms with Crippen molar-refractivity contribution in [3.05, 3.63) is 56.3 Å². The highest BCUT2D eigenvalue weighted by Gasteiger charge is 2.18. The van der Waals surface area contributed by atoms with Gasteiger partial charge in [-0.25, -0.2) is 4.98 Å². The Morgan fingerprint density at radius 2 is 2.35 bits per heavy atom. The third kappa shape index (κ3) is 3.17. The first-order valence-electron chi connectivity index (χ1n) is 6.18. The molecule has 1 atom stereocenters. The summed E-state index contributed by atoms with van der Waals surface area (Å²) >= 11 is 1.53. The summed E-state index contributed by atoms with van der Waals surface area (Å²) in [6, 6.07) is 4.22. The van der Waals surface area contributed by atoms with E-state index in [9.17, 15) is 14.5 Å². The van der Waals surface area contributed by atoms with Gasteiger partial charge in [0.05, 0.1) is 11.0 Å². The Labute approximate surface area is 119 Å². The van der Waals surface area contributed by atoms with Crippen molar-refractivity contribution in [2.45, 2.75) is 25.9 Å². The number of benzene rings is 1. The number of nitrogens with zero attached hydrogens (tertiary/aromatic N) is 2. The maximum absolute atomic E-state index is 13.9. The van der Waals surface area contributed by atoms with E-state index in [4.69, 9.17) is 0 Å². The minimum atomic E-state index is -0.779. The topological polar surface area (TPSA) is 68.1 Å². The van der Waals surface area contributed by atoms with Crippen molar-refractivity contribution in [1.82, 2.24) is 10.3 Å². The second-order valence-corrected chi connectivity index (χ2v) is 5.15. The van der Waals surface area contributed by atoms with Crippen LogP contribution in [0.2, 0.25) is 0 Å². The normalized spacial score (nSPS) is 12.3. The monoisotopic (exact) mass is 295 g/mol. The Bertz CT molecular complexity index is 589. The maximum Gasteiger partial charge on any atom is 0.305 e. The molecule has 0 aliphatic rings. The molecule has 1 aromatic heterocycles. The molecular formula is C13H14FN3O2S. The van der Waals surface area contributed by atoms with Crippen LogP contribution in [-0.4, -0.2) is 9.91 Å². The fourth-order valence-corrected chi connectivity index (χ4v) is 2.69. The average molecular weight is 295 g/mol. The van der Waals surface area contributed by atoms with Crippen molar-refractivity contribution in [2.24, 2.45) is 0 Å². The van der Waals surface area contributed by atoms with Crippen LogP contribution >= 0.6 is 11.3 Å². The molecule has 1 unspecified atom stereocenters. The summed E-state index contributed by atoms with van der Waals surface area (Å²) in [6.07, 6.45) is 2.53. The van der Waals surface area contributed by atoms with Crippen molar-refractivity contribution in [2.75, 3.05) is 0 Å². The van der Waals surface area contributed by atoms with Crippen LogP contribution in [0.3, 0.4) is 0 Å². The van der Waals surface area contributed by atoms with Crippen molar-refractivity contribution >= 4 is 17.0 Å². The Balaban J connectivity index is 2.11. The van der Waals surface area contributed by atoms with E-state index in [1.165, 1.54) is 17.4 Å². The smallest absolute Gasteiger partial charge is 0.304 e. The molecule has 106 valence electrons. The number of hydrogen-bond acceptors (Lipinski definition) is 5. The Kier molecular flexibility index (Phi) is 4.75. The van der Waals surface area contributed by atoms with Crippen LogP contribution in [0.5, 0.6) is 0 Å². The summed E-state index contributed by atoms with van der Waals surface area (Å²) in [7, 11) is 0. The first-order valence-corrected chi connectivity index (χ1v) is 7.06. The summed E-state index contributed by atoms with van der Waals surface area (Å²) in [5.74, 6) is -0.779. The molecule has 7 heteroatoms. The number of aromatic nitrogens is 1. The van der Waals surface area contributed by atoms with Crippen LogP contribution in [0.1, 0.15) is 30.0 Å². The van der Waals surface area contributed by atoms with Crippen LogP contribution in [0.25, 0.3) is 0 Å². The molecule has 1 N–H and O–H groups in total. The highest BCUT2D eigenvalue weighted by atomic mass is 32.1. The lowest BCUT2D eigenvalue weighted by atomic mass is 10.1. The van der Waals surface area contributed by atoms with E-state index >= 15 is 0 Å². The SMILES string of the molecule is CCC(NCc1cccc([N+](=O)[O-])c1F)c1nccs1. The Hall–Kier alpha value is -1.86. The van der Waals surface area contributed by atoms with Gasteiger partial charge in [0.2, 0.25) is 5.82 Å². The van der Waals surface area contributed by atoms with Crippen molar-refractivity contribution < 1.29 is 9.31 Å². The number of hydrogen-bond donors (Lipinski definition) is 1. The molecule has 0 spiro atoms. The third-order valence-electron chi connectivity index (χ3n) is 2.95. The summed E-state index contributed by atoms with van der Waals surface area (Å²) in [5.41, 5.74) is -0.208. The van der Waals surface area contributed by atoms with Crippen LogP contribution in [0.4, 0.5) is 10.1 Å². The van der Waals surface area contributed by atoms with E-state index < -0.39 is 16.4 Å². The average Bonchev–Trinajstić information content (AvgIpc) is 2.95. The summed E-state index contributed by atoms with van der Waals surface area (Å²) in [5, 5.41) is 16.7. The lowest BCUT2D eigenvalue weighted by molar-refractivity contribution is -0.387. The molecule has 1 heterocycles. The number of rotatable bonds is 6. The van der Waals surface area contributed by atoms with Crippen LogP contribution in [0, 0.1) is 15.9 Å². The van der Waals surface area contributed by atoms with Gasteiger partial charge in [-0.1, -0.05) is 19.1 Å². The molecule has 0 aliphatic carbocycles. The highest BCUT2D eigenvalue weighted by molar-refractivity contribution is 7.09. The minimum Gasteiger partial charge on any atom is -0.304 e. The second kappa shape index (κ2) is 6.53. The van der Waals surface area contributed by atoms with Gasteiger partial charge in [0, 0.05) is 29.8 Å². The molecule has 20 heavy (non-hydrogen) atoms. The van der Waals surface area contributed by atoms with E-state index in [1.807, 2.05) is 12.3 Å². The molecule has 0 saturated heterocycles. The number of nitrogens with one attached hydrogen (secondary N) is 1. The molecule has 2 aromatic rings. The van der Waals surface area contributed by atoms with Crippen LogP contribution in [-0.2, 0) is 6.54 Å². The zero-order valence-corrected chi connectivity index (χ0v) is 11.7. The van der Waals surface area contributed by atoms with E-state index in [-0.39, 0.29) is 18.2 Å². The molecule has 0 amide bonds. The Morgan fingerprint density at radius 1 is 1.55 bits per heavy atom. The van der Waals surface area contributed by atoms with Crippen molar-refractivity contribution in [3.8, 4) is 0 Å². The molecule has 0 radical (unpaired) electrons. The molecule has 5 nitrogen and oxygen atoms in total. The lowest BCUT2D eigenvalue weighted by Gasteiger charge is -2.14. The van der Waals surface area contributed by atoms with E-state index in [0.29, 0.717) is 0 Å². The molecular weight excluding hydrogens is 281 g/mol. The summed E-state index contributed by atoms with van der Waals surface area (Å²) < 4.78 is 13.9. The first kappa shape index (κ1) is 14.5. The minimum absolute atomic E-state index is 0.0219. The van der Waals surface area contributed by atoms with Gasteiger partial charge in [-0.05, 0) is 6.42 Å². The fraction of sp³-hybridized carbons (Fsp3) is 0.308. The first-order chi connectivity index (χ1) is 9.63. The van der Waals surface area contributed by atoms with Gasteiger partial charge in [0.1, 0.15) is 5.01 Å². The molecule has 1 aromatic carbocycles. The fourth-order valence-electron chi connectivity index (χ4n) is 1.89. The van der Waals surface area contributed by atoms with Gasteiger partial charge in [-0.15, -0.1) is 11.3 Å². The van der Waals surface area contributed by atoms with Gasteiger partial charge in [0.15, 0.2) is 0 Å². The van der Waals surface area contributed by atoms with Crippen LogP contribution in [0.15, 0.2) is 29.8 Å². The van der Waals surface area contributed by atoms with Crippen molar-refractivity contribution in [3.63, 3.8) is 0 Å². The maximum atomic E-state index is 13.9. The van der Waals surface area contributed by atoms with E-state index in [1.54, 1.807) is 12.3 Å². The van der Waals surface area contributed by atoms with E-state index in [2.05, 4.69) is 10.3 Å². The van der Waals surface area contributed by atoms with Gasteiger partial charge in [0.25, 0.3) is 0 Å². The Morgan fingerprint density at radius 3 is 2.95 bits per heavy atom. The van der Waals surface area contributed by atoms with Gasteiger partial charge in [-0.3, -0.25) is 10.1 Å². The number of nitro benzene ring substituents is 1. The summed E-state index contributed by atoms with van der Waals surface area (Å²) in [6.45, 7) is 2.23. The summed E-state index contributed by atoms with van der Waals surface area (Å²) in [4.78, 5) is 14.2. The molecule has 0 saturated carbocycles. The predicted molar refractivity (Wildman–Crippen MR) is 75.0 cm³/mol. The zero-order chi connectivity index (χ0) is 14.5. The number of halogens is 1. The molecule has 0 aliphatic heterocycles. The molecule has 2 rings (SSSR count). The molecule has 0 bridgehead atoms. The predicted octanol–water partition coefficient (Wildman–Crippen LogP) is 3.43. The number of thiazole rings is 1. The van der Waals surface area contributed by atoms with E-state index in [0.717, 1.165) is 17.5 Å². The second-order valence-electron chi connectivity index (χ2n) is 4.22. The van der Waals surface area contributed by atoms with Crippen LogP contribution < -0.4 is 5.32 Å². The lowest BCUT2D eigenvalue weighted by Crippen LogP contribution is -2.20. The van der Waals surface area contributed by atoms with Gasteiger partial charge in [-0.2, -0.15) is 4.39 Å². The largest absolute Gasteiger partial charge is 0.305 e. The van der Waals surface area contributed by atoms with Gasteiger partial charge < -0.3 is 5.32 Å².